The molecule has 3 heterocycles. The topological polar surface area (TPSA) is 136 Å². The van der Waals surface area contributed by atoms with Gasteiger partial charge in [-0.3, -0.25) is 14.6 Å². The van der Waals surface area contributed by atoms with Crippen LogP contribution in [-0.2, 0) is 27.5 Å². The van der Waals surface area contributed by atoms with Crippen molar-refractivity contribution in [1.82, 2.24) is 20.1 Å². The molecule has 0 bridgehead atoms. The first-order chi connectivity index (χ1) is 16.8. The number of furan rings is 1. The average molecular weight is 501 g/mol. The predicted molar refractivity (Wildman–Crippen MR) is 130 cm³/mol. The molecule has 0 saturated carbocycles. The number of nitrogens with one attached hydrogen (secondary N) is 1. The SMILES string of the molecule is Cc1ccc(CNC(=O)CN2CCN(Cc3nc(-c4ccco4)cs3)CC2)cc1.O=C(O)C(=O)O. The molecule has 3 aromatic rings. The van der Waals surface area contributed by atoms with E-state index in [0.717, 1.165) is 54.7 Å². The lowest BCUT2D eigenvalue weighted by Crippen LogP contribution is -2.49. The molecule has 0 spiro atoms. The summed E-state index contributed by atoms with van der Waals surface area (Å²) in [5.41, 5.74) is 3.26. The molecular weight excluding hydrogens is 472 g/mol. The largest absolute Gasteiger partial charge is 0.473 e. The summed E-state index contributed by atoms with van der Waals surface area (Å²) in [6, 6.07) is 12.1. The maximum atomic E-state index is 12.3. The van der Waals surface area contributed by atoms with E-state index in [4.69, 9.17) is 24.2 Å². The van der Waals surface area contributed by atoms with Crippen molar-refractivity contribution in [3.05, 3.63) is 64.2 Å². The standard InChI is InChI=1S/C22H26N4O2S.C2H2O4/c1-17-4-6-18(7-5-17)13-23-21(27)14-25-8-10-26(11-9-25)15-22-24-19(16-29-22)20-3-2-12-28-20;3-1(4)2(5)6/h2-7,12,16H,8-11,13-15H2,1H3,(H,23,27);(H,3,4)(H,5,6). The van der Waals surface area contributed by atoms with Crippen LogP contribution in [0.5, 0.6) is 0 Å². The van der Waals surface area contributed by atoms with Gasteiger partial charge in [-0.15, -0.1) is 11.3 Å². The van der Waals surface area contributed by atoms with E-state index in [2.05, 4.69) is 51.3 Å². The Morgan fingerprint density at radius 1 is 1.03 bits per heavy atom. The predicted octanol–water partition coefficient (Wildman–Crippen LogP) is 2.30. The summed E-state index contributed by atoms with van der Waals surface area (Å²) in [5, 5.41) is 20.9. The second kappa shape index (κ2) is 12.8. The maximum absolute atomic E-state index is 12.3. The molecule has 1 aromatic carbocycles. The Labute approximate surface area is 206 Å². The Morgan fingerprint density at radius 3 is 2.29 bits per heavy atom. The first kappa shape index (κ1) is 26.1. The van der Waals surface area contributed by atoms with E-state index in [0.29, 0.717) is 13.1 Å². The normalized spacial score (nSPS) is 14.1. The minimum atomic E-state index is -1.82. The molecule has 4 rings (SSSR count). The summed E-state index contributed by atoms with van der Waals surface area (Å²) in [7, 11) is 0. The number of aliphatic carboxylic acids is 2. The molecule has 0 radical (unpaired) electrons. The number of hydrogen-bond donors (Lipinski definition) is 3. The number of rotatable bonds is 7. The van der Waals surface area contributed by atoms with Crippen LogP contribution in [0.4, 0.5) is 0 Å². The molecule has 0 unspecified atom stereocenters. The van der Waals surface area contributed by atoms with Crippen molar-refractivity contribution < 1.29 is 29.0 Å². The Bertz CT molecular complexity index is 1090. The van der Waals surface area contributed by atoms with Crippen molar-refractivity contribution >= 4 is 29.2 Å². The molecule has 186 valence electrons. The second-order valence-electron chi connectivity index (χ2n) is 8.03. The summed E-state index contributed by atoms with van der Waals surface area (Å²) in [6.45, 7) is 7.64. The van der Waals surface area contributed by atoms with Gasteiger partial charge in [0, 0.05) is 38.1 Å². The Hall–Kier alpha value is -3.54. The summed E-state index contributed by atoms with van der Waals surface area (Å²) < 4.78 is 5.41. The fourth-order valence-corrected chi connectivity index (χ4v) is 4.21. The van der Waals surface area contributed by atoms with Crippen LogP contribution in [0.2, 0.25) is 0 Å². The number of aromatic nitrogens is 1. The molecule has 10 nitrogen and oxygen atoms in total. The average Bonchev–Trinajstić information content (AvgIpc) is 3.53. The summed E-state index contributed by atoms with van der Waals surface area (Å²) in [5.74, 6) is -2.75. The molecule has 1 saturated heterocycles. The number of carbonyl (C=O) groups is 3. The van der Waals surface area contributed by atoms with Gasteiger partial charge in [-0.1, -0.05) is 29.8 Å². The minimum Gasteiger partial charge on any atom is -0.473 e. The van der Waals surface area contributed by atoms with Gasteiger partial charge in [0.15, 0.2) is 5.76 Å². The van der Waals surface area contributed by atoms with Crippen LogP contribution in [-0.4, -0.2) is 75.6 Å². The molecule has 0 aliphatic carbocycles. The number of aryl methyl sites for hydroxylation is 1. The van der Waals surface area contributed by atoms with Gasteiger partial charge in [-0.2, -0.15) is 0 Å². The van der Waals surface area contributed by atoms with Gasteiger partial charge in [-0.25, -0.2) is 14.6 Å². The third-order valence-corrected chi connectivity index (χ3v) is 6.14. The fraction of sp³-hybridized carbons (Fsp3) is 0.333. The van der Waals surface area contributed by atoms with Crippen molar-refractivity contribution in [3.8, 4) is 11.5 Å². The molecule has 11 heteroatoms. The van der Waals surface area contributed by atoms with Crippen molar-refractivity contribution in [2.75, 3.05) is 32.7 Å². The zero-order valence-corrected chi connectivity index (χ0v) is 20.2. The van der Waals surface area contributed by atoms with Crippen LogP contribution in [0, 0.1) is 6.92 Å². The summed E-state index contributed by atoms with van der Waals surface area (Å²) in [6.07, 6.45) is 1.67. The molecule has 1 amide bonds. The first-order valence-electron chi connectivity index (χ1n) is 11.0. The van der Waals surface area contributed by atoms with E-state index in [-0.39, 0.29) is 5.91 Å². The molecule has 2 aromatic heterocycles. The van der Waals surface area contributed by atoms with Crippen molar-refractivity contribution in [2.24, 2.45) is 0 Å². The number of carboxylic acid groups (broad SMARTS) is 2. The molecule has 1 aliphatic heterocycles. The highest BCUT2D eigenvalue weighted by atomic mass is 32.1. The van der Waals surface area contributed by atoms with Crippen LogP contribution in [0.25, 0.3) is 11.5 Å². The molecule has 0 atom stereocenters. The van der Waals surface area contributed by atoms with E-state index >= 15 is 0 Å². The third-order valence-electron chi connectivity index (χ3n) is 5.31. The van der Waals surface area contributed by atoms with Crippen LogP contribution < -0.4 is 5.32 Å². The number of benzene rings is 1. The highest BCUT2D eigenvalue weighted by Crippen LogP contribution is 2.23. The number of piperazine rings is 1. The van der Waals surface area contributed by atoms with Crippen LogP contribution in [0.3, 0.4) is 0 Å². The molecule has 35 heavy (non-hydrogen) atoms. The second-order valence-corrected chi connectivity index (χ2v) is 8.97. The zero-order chi connectivity index (χ0) is 25.2. The number of amides is 1. The van der Waals surface area contributed by atoms with Crippen molar-refractivity contribution in [3.63, 3.8) is 0 Å². The fourth-order valence-electron chi connectivity index (χ4n) is 3.38. The highest BCUT2D eigenvalue weighted by molar-refractivity contribution is 7.09. The highest BCUT2D eigenvalue weighted by Gasteiger charge is 2.20. The number of carbonyl (C=O) groups excluding carboxylic acids is 1. The Morgan fingerprint density at radius 2 is 1.69 bits per heavy atom. The Kier molecular flexibility index (Phi) is 9.53. The third kappa shape index (κ3) is 8.63. The Balaban J connectivity index is 0.000000509. The lowest BCUT2D eigenvalue weighted by Gasteiger charge is -2.33. The van der Waals surface area contributed by atoms with Gasteiger partial charge < -0.3 is 19.9 Å². The monoisotopic (exact) mass is 500 g/mol. The van der Waals surface area contributed by atoms with Gasteiger partial charge in [0.05, 0.1) is 19.4 Å². The van der Waals surface area contributed by atoms with E-state index in [1.807, 2.05) is 17.5 Å². The van der Waals surface area contributed by atoms with Crippen molar-refractivity contribution in [1.29, 1.82) is 0 Å². The smallest absolute Gasteiger partial charge is 0.414 e. The maximum Gasteiger partial charge on any atom is 0.414 e. The number of hydrogen-bond acceptors (Lipinski definition) is 8. The molecule has 1 fully saturated rings. The minimum absolute atomic E-state index is 0.0852. The van der Waals surface area contributed by atoms with E-state index in [1.54, 1.807) is 17.6 Å². The van der Waals surface area contributed by atoms with Crippen LogP contribution in [0.15, 0.2) is 52.5 Å². The molecule has 1 aliphatic rings. The lowest BCUT2D eigenvalue weighted by molar-refractivity contribution is -0.159. The number of thiazole rings is 1. The molecule has 3 N–H and O–H groups in total. The van der Waals surface area contributed by atoms with E-state index in [1.165, 1.54) is 5.56 Å². The van der Waals surface area contributed by atoms with Gasteiger partial charge in [0.1, 0.15) is 10.7 Å². The summed E-state index contributed by atoms with van der Waals surface area (Å²) >= 11 is 1.67. The van der Waals surface area contributed by atoms with Gasteiger partial charge in [0.25, 0.3) is 0 Å². The van der Waals surface area contributed by atoms with E-state index < -0.39 is 11.9 Å². The van der Waals surface area contributed by atoms with Gasteiger partial charge in [-0.05, 0) is 24.6 Å². The van der Waals surface area contributed by atoms with E-state index in [9.17, 15) is 4.79 Å². The van der Waals surface area contributed by atoms with Crippen LogP contribution in [0.1, 0.15) is 16.1 Å². The van der Waals surface area contributed by atoms with Crippen molar-refractivity contribution in [2.45, 2.75) is 20.0 Å². The quantitative estimate of drug-likeness (QED) is 0.417. The van der Waals surface area contributed by atoms with Gasteiger partial charge >= 0.3 is 11.9 Å². The first-order valence-corrected chi connectivity index (χ1v) is 11.9. The van der Waals surface area contributed by atoms with Gasteiger partial charge in [0.2, 0.25) is 5.91 Å². The number of carboxylic acids is 2. The molecular formula is C24H28N4O6S. The van der Waals surface area contributed by atoms with Crippen LogP contribution >= 0.6 is 11.3 Å². The number of nitrogens with zero attached hydrogens (tertiary/aromatic N) is 3. The summed E-state index contributed by atoms with van der Waals surface area (Å²) in [4.78, 5) is 39.7. The zero-order valence-electron chi connectivity index (χ0n) is 19.3. The lowest BCUT2D eigenvalue weighted by atomic mass is 10.1.